The first-order valence-electron chi connectivity index (χ1n) is 6.17. The van der Waals surface area contributed by atoms with Crippen molar-refractivity contribution in [1.82, 2.24) is 20.2 Å². The topological polar surface area (TPSA) is 69.6 Å². The van der Waals surface area contributed by atoms with Gasteiger partial charge >= 0.3 is 0 Å². The molecule has 21 heavy (non-hydrogen) atoms. The van der Waals surface area contributed by atoms with E-state index in [0.717, 1.165) is 21.3 Å². The highest BCUT2D eigenvalue weighted by Gasteiger charge is 2.16. The summed E-state index contributed by atoms with van der Waals surface area (Å²) < 4.78 is 2.59. The molecule has 0 unspecified atom stereocenters. The van der Waals surface area contributed by atoms with Crippen LogP contribution in [0.25, 0.3) is 17.1 Å². The summed E-state index contributed by atoms with van der Waals surface area (Å²) in [5.41, 5.74) is 9.23. The minimum atomic E-state index is 0.530. The van der Waals surface area contributed by atoms with Crippen LogP contribution in [0, 0.1) is 6.92 Å². The first-order chi connectivity index (χ1) is 10.1. The summed E-state index contributed by atoms with van der Waals surface area (Å²) in [5.74, 6) is 0.565. The molecule has 0 atom stereocenters. The van der Waals surface area contributed by atoms with Gasteiger partial charge in [0.2, 0.25) is 0 Å². The molecule has 0 spiro atoms. The van der Waals surface area contributed by atoms with Crippen molar-refractivity contribution in [3.63, 3.8) is 0 Å². The summed E-state index contributed by atoms with van der Waals surface area (Å²) in [6, 6.07) is 11.1. The fourth-order valence-corrected chi connectivity index (χ4v) is 2.66. The van der Waals surface area contributed by atoms with Crippen molar-refractivity contribution in [2.75, 3.05) is 5.73 Å². The van der Waals surface area contributed by atoms with Crippen LogP contribution in [0.1, 0.15) is 5.56 Å². The van der Waals surface area contributed by atoms with Gasteiger partial charge in [0.15, 0.2) is 5.82 Å². The first-order valence-corrected chi connectivity index (χ1v) is 7.34. The van der Waals surface area contributed by atoms with Gasteiger partial charge in [-0.1, -0.05) is 23.7 Å². The highest BCUT2D eigenvalue weighted by atomic mass is 79.9. The molecule has 3 rings (SSSR count). The van der Waals surface area contributed by atoms with Gasteiger partial charge in [-0.05, 0) is 63.1 Å². The molecule has 5 nitrogen and oxygen atoms in total. The molecule has 0 bridgehead atoms. The second-order valence-corrected chi connectivity index (χ2v) is 5.78. The van der Waals surface area contributed by atoms with E-state index in [-0.39, 0.29) is 0 Å². The molecule has 0 radical (unpaired) electrons. The second kappa shape index (κ2) is 5.46. The van der Waals surface area contributed by atoms with E-state index >= 15 is 0 Å². The SMILES string of the molecule is Cc1cccc(-n2nnnc2-c2ccc(Cl)cc2N)c1Br. The Morgan fingerprint density at radius 3 is 2.81 bits per heavy atom. The third kappa shape index (κ3) is 2.52. The van der Waals surface area contributed by atoms with E-state index < -0.39 is 0 Å². The van der Waals surface area contributed by atoms with Crippen LogP contribution in [0.5, 0.6) is 0 Å². The zero-order valence-corrected chi connectivity index (χ0v) is 13.4. The predicted octanol–water partition coefficient (Wildman–Crippen LogP) is 3.64. The number of anilines is 1. The lowest BCUT2D eigenvalue weighted by Crippen LogP contribution is -2.03. The Kier molecular flexibility index (Phi) is 3.65. The molecule has 0 aliphatic carbocycles. The molecule has 0 fully saturated rings. The van der Waals surface area contributed by atoms with Gasteiger partial charge in [0.1, 0.15) is 0 Å². The van der Waals surface area contributed by atoms with Crippen LogP contribution in [-0.4, -0.2) is 20.2 Å². The molecular weight excluding hydrogens is 354 g/mol. The van der Waals surface area contributed by atoms with E-state index in [1.165, 1.54) is 0 Å². The van der Waals surface area contributed by atoms with Crippen molar-refractivity contribution in [3.8, 4) is 17.1 Å². The zero-order valence-electron chi connectivity index (χ0n) is 11.1. The average Bonchev–Trinajstić information content (AvgIpc) is 2.91. The lowest BCUT2D eigenvalue weighted by atomic mass is 10.1. The molecule has 3 aromatic rings. The number of tetrazole rings is 1. The first kappa shape index (κ1) is 14.0. The van der Waals surface area contributed by atoms with Crippen molar-refractivity contribution >= 4 is 33.2 Å². The highest BCUT2D eigenvalue weighted by molar-refractivity contribution is 9.10. The van der Waals surface area contributed by atoms with Gasteiger partial charge in [0.25, 0.3) is 0 Å². The van der Waals surface area contributed by atoms with Crippen LogP contribution in [0.4, 0.5) is 5.69 Å². The molecule has 0 saturated carbocycles. The van der Waals surface area contributed by atoms with Crippen LogP contribution in [-0.2, 0) is 0 Å². The molecule has 7 heteroatoms. The number of halogens is 2. The molecule has 2 N–H and O–H groups in total. The summed E-state index contributed by atoms with van der Waals surface area (Å²) in [6.45, 7) is 2.01. The molecule has 0 aliphatic rings. The molecule has 0 saturated heterocycles. The van der Waals surface area contributed by atoms with Crippen molar-refractivity contribution in [1.29, 1.82) is 0 Å². The number of benzene rings is 2. The van der Waals surface area contributed by atoms with Crippen molar-refractivity contribution in [2.45, 2.75) is 6.92 Å². The number of aromatic nitrogens is 4. The molecular formula is C14H11BrClN5. The van der Waals surface area contributed by atoms with Crippen LogP contribution >= 0.6 is 27.5 Å². The Morgan fingerprint density at radius 2 is 2.05 bits per heavy atom. The van der Waals surface area contributed by atoms with Crippen LogP contribution in [0.3, 0.4) is 0 Å². The van der Waals surface area contributed by atoms with Gasteiger partial charge in [0.05, 0.1) is 5.69 Å². The summed E-state index contributed by atoms with van der Waals surface area (Å²) in [7, 11) is 0. The molecule has 1 heterocycles. The number of nitrogens with zero attached hydrogens (tertiary/aromatic N) is 4. The Morgan fingerprint density at radius 1 is 1.24 bits per heavy atom. The van der Waals surface area contributed by atoms with Crippen molar-refractivity contribution < 1.29 is 0 Å². The lowest BCUT2D eigenvalue weighted by molar-refractivity contribution is 0.788. The highest BCUT2D eigenvalue weighted by Crippen LogP contribution is 2.30. The molecule has 1 aromatic heterocycles. The lowest BCUT2D eigenvalue weighted by Gasteiger charge is -2.10. The number of hydrogen-bond acceptors (Lipinski definition) is 4. The van der Waals surface area contributed by atoms with Crippen LogP contribution < -0.4 is 5.73 Å². The van der Waals surface area contributed by atoms with Gasteiger partial charge in [-0.15, -0.1) is 5.10 Å². The maximum atomic E-state index is 6.02. The number of aryl methyl sites for hydroxylation is 1. The largest absolute Gasteiger partial charge is 0.398 e. The molecule has 0 aliphatic heterocycles. The maximum absolute atomic E-state index is 6.02. The standard InChI is InChI=1S/C14H11BrClN5/c1-8-3-2-4-12(13(8)15)21-14(18-19-20-21)10-6-5-9(16)7-11(10)17/h2-7H,17H2,1H3. The summed E-state index contributed by atoms with van der Waals surface area (Å²) in [6.07, 6.45) is 0. The van der Waals surface area contributed by atoms with E-state index in [2.05, 4.69) is 31.5 Å². The number of rotatable bonds is 2. The summed E-state index contributed by atoms with van der Waals surface area (Å²) in [4.78, 5) is 0. The van der Waals surface area contributed by atoms with Crippen molar-refractivity contribution in [2.24, 2.45) is 0 Å². The zero-order chi connectivity index (χ0) is 15.0. The third-order valence-electron chi connectivity index (χ3n) is 3.12. The van der Waals surface area contributed by atoms with Gasteiger partial charge in [0, 0.05) is 20.7 Å². The third-order valence-corrected chi connectivity index (χ3v) is 4.39. The molecule has 2 aromatic carbocycles. The molecule has 106 valence electrons. The summed E-state index contributed by atoms with van der Waals surface area (Å²) >= 11 is 9.50. The Labute approximate surface area is 134 Å². The Hall–Kier alpha value is -1.92. The van der Waals surface area contributed by atoms with Crippen molar-refractivity contribution in [3.05, 3.63) is 51.5 Å². The maximum Gasteiger partial charge on any atom is 0.189 e. The Bertz CT molecular complexity index is 815. The number of hydrogen-bond donors (Lipinski definition) is 1. The minimum absolute atomic E-state index is 0.530. The van der Waals surface area contributed by atoms with E-state index in [4.69, 9.17) is 17.3 Å². The number of nitrogen functional groups attached to an aromatic ring is 1. The predicted molar refractivity (Wildman–Crippen MR) is 86.4 cm³/mol. The van der Waals surface area contributed by atoms with Crippen LogP contribution in [0.2, 0.25) is 5.02 Å². The second-order valence-electron chi connectivity index (χ2n) is 4.55. The van der Waals surface area contributed by atoms with E-state index in [1.54, 1.807) is 16.8 Å². The van der Waals surface area contributed by atoms with Gasteiger partial charge in [-0.3, -0.25) is 0 Å². The fourth-order valence-electron chi connectivity index (χ4n) is 2.05. The summed E-state index contributed by atoms with van der Waals surface area (Å²) in [5, 5.41) is 12.5. The van der Waals surface area contributed by atoms with Gasteiger partial charge < -0.3 is 5.73 Å². The number of nitrogens with two attached hydrogens (primary N) is 1. The monoisotopic (exact) mass is 363 g/mol. The average molecular weight is 365 g/mol. The molecule has 0 amide bonds. The smallest absolute Gasteiger partial charge is 0.189 e. The van der Waals surface area contributed by atoms with E-state index in [1.807, 2.05) is 31.2 Å². The van der Waals surface area contributed by atoms with Gasteiger partial charge in [-0.25, -0.2) is 0 Å². The Balaban J connectivity index is 2.20. The van der Waals surface area contributed by atoms with E-state index in [0.29, 0.717) is 16.5 Å². The van der Waals surface area contributed by atoms with Crippen LogP contribution in [0.15, 0.2) is 40.9 Å². The quantitative estimate of drug-likeness (QED) is 0.705. The van der Waals surface area contributed by atoms with Gasteiger partial charge in [-0.2, -0.15) is 4.68 Å². The fraction of sp³-hybridized carbons (Fsp3) is 0.0714. The van der Waals surface area contributed by atoms with E-state index in [9.17, 15) is 0 Å². The normalized spacial score (nSPS) is 10.8. The minimum Gasteiger partial charge on any atom is -0.398 e.